The number of carbonyl (C=O) groups is 1. The fraction of sp³-hybridized carbons (Fsp3) is 0.857. The van der Waals surface area contributed by atoms with Gasteiger partial charge in [-0.25, -0.2) is 15.6 Å². The van der Waals surface area contributed by atoms with Gasteiger partial charge in [0.1, 0.15) is 0 Å². The number of ether oxygens (including phenoxy) is 1. The second-order valence-corrected chi connectivity index (χ2v) is 2.92. The van der Waals surface area contributed by atoms with E-state index < -0.39 is 6.09 Å². The molecule has 1 saturated carbocycles. The Hall–Kier alpha value is -0.770. The van der Waals surface area contributed by atoms with Crippen LogP contribution in [0.1, 0.15) is 19.3 Å². The van der Waals surface area contributed by atoms with Gasteiger partial charge >= 0.3 is 6.09 Å². The molecular weight excluding hydrogens is 144 g/mol. The van der Waals surface area contributed by atoms with Crippen molar-refractivity contribution in [3.05, 3.63) is 0 Å². The molecule has 0 radical (unpaired) electrons. The summed E-state index contributed by atoms with van der Waals surface area (Å²) in [5, 5.41) is 1.14. The fourth-order valence-corrected chi connectivity index (χ4v) is 1.15. The summed E-state index contributed by atoms with van der Waals surface area (Å²) < 4.78 is 4.44. The second kappa shape index (κ2) is 3.57. The Kier molecular flexibility index (Phi) is 2.70. The van der Waals surface area contributed by atoms with Crippen molar-refractivity contribution in [1.29, 1.82) is 0 Å². The van der Waals surface area contributed by atoms with Crippen molar-refractivity contribution >= 4 is 6.09 Å². The molecule has 2 N–H and O–H groups in total. The van der Waals surface area contributed by atoms with E-state index in [4.69, 9.17) is 5.84 Å². The molecule has 0 unspecified atom stereocenters. The highest BCUT2D eigenvalue weighted by Crippen LogP contribution is 2.26. The number of hydrogen-bond acceptors (Lipinski definition) is 3. The molecule has 1 rings (SSSR count). The average Bonchev–Trinajstić information content (AvgIpc) is 1.94. The number of hydrogen-bond donors (Lipinski definition) is 1. The molecule has 0 heterocycles. The van der Waals surface area contributed by atoms with Crippen LogP contribution in [-0.2, 0) is 4.74 Å². The van der Waals surface area contributed by atoms with Gasteiger partial charge in [-0.1, -0.05) is 6.42 Å². The lowest BCUT2D eigenvalue weighted by Gasteiger charge is -2.28. The lowest BCUT2D eigenvalue weighted by Crippen LogP contribution is -2.42. The quantitative estimate of drug-likeness (QED) is 0.366. The van der Waals surface area contributed by atoms with Crippen molar-refractivity contribution < 1.29 is 9.53 Å². The average molecular weight is 158 g/mol. The van der Waals surface area contributed by atoms with E-state index in [0.29, 0.717) is 12.5 Å². The molecule has 0 atom stereocenters. The third-order valence-electron chi connectivity index (χ3n) is 2.09. The number of nitrogens with zero attached hydrogens (tertiary/aromatic N) is 1. The van der Waals surface area contributed by atoms with Crippen LogP contribution in [0.5, 0.6) is 0 Å². The van der Waals surface area contributed by atoms with Crippen molar-refractivity contribution in [3.63, 3.8) is 0 Å². The van der Waals surface area contributed by atoms with Gasteiger partial charge in [0.25, 0.3) is 0 Å². The molecule has 0 saturated heterocycles. The van der Waals surface area contributed by atoms with Gasteiger partial charge in [0.2, 0.25) is 0 Å². The van der Waals surface area contributed by atoms with E-state index in [-0.39, 0.29) is 0 Å². The molecular formula is C7H14N2O2. The molecule has 0 aliphatic heterocycles. The molecule has 0 aromatic carbocycles. The lowest BCUT2D eigenvalue weighted by atomic mass is 9.85. The fourth-order valence-electron chi connectivity index (χ4n) is 1.15. The topological polar surface area (TPSA) is 55.6 Å². The Bertz CT molecular complexity index is 145. The molecule has 1 aliphatic carbocycles. The first-order valence-electron chi connectivity index (χ1n) is 3.84. The Morgan fingerprint density at radius 2 is 2.36 bits per heavy atom. The van der Waals surface area contributed by atoms with Crippen LogP contribution in [0.25, 0.3) is 0 Å². The predicted molar refractivity (Wildman–Crippen MR) is 40.6 cm³/mol. The summed E-state index contributed by atoms with van der Waals surface area (Å²) in [5.41, 5.74) is 0. The maximum absolute atomic E-state index is 10.8. The first kappa shape index (κ1) is 8.33. The molecule has 1 amide bonds. The number of hydrazine groups is 1. The highest BCUT2D eigenvalue weighted by Gasteiger charge is 2.21. The highest BCUT2D eigenvalue weighted by atomic mass is 16.5. The first-order valence-corrected chi connectivity index (χ1v) is 3.84. The van der Waals surface area contributed by atoms with Gasteiger partial charge in [-0.05, 0) is 18.8 Å². The summed E-state index contributed by atoms with van der Waals surface area (Å²) >= 11 is 0. The smallest absolute Gasteiger partial charge is 0.423 e. The van der Waals surface area contributed by atoms with Crippen molar-refractivity contribution in [1.82, 2.24) is 5.01 Å². The van der Waals surface area contributed by atoms with Gasteiger partial charge in [-0.15, -0.1) is 0 Å². The highest BCUT2D eigenvalue weighted by molar-refractivity contribution is 5.66. The monoisotopic (exact) mass is 158 g/mol. The van der Waals surface area contributed by atoms with E-state index in [1.807, 2.05) is 0 Å². The predicted octanol–water partition coefficient (Wildman–Crippen LogP) is 0.729. The van der Waals surface area contributed by atoms with Gasteiger partial charge in [0.05, 0.1) is 7.11 Å². The molecule has 0 aromatic rings. The Morgan fingerprint density at radius 1 is 1.73 bits per heavy atom. The third-order valence-corrected chi connectivity index (χ3v) is 2.09. The van der Waals surface area contributed by atoms with Crippen LogP contribution in [0.4, 0.5) is 4.79 Å². The van der Waals surface area contributed by atoms with E-state index in [0.717, 1.165) is 5.01 Å². The number of carbonyl (C=O) groups excluding carboxylic acids is 1. The van der Waals surface area contributed by atoms with E-state index in [9.17, 15) is 4.79 Å². The number of rotatable bonds is 2. The Labute approximate surface area is 66.3 Å². The molecule has 1 fully saturated rings. The van der Waals surface area contributed by atoms with E-state index in [2.05, 4.69) is 4.74 Å². The van der Waals surface area contributed by atoms with E-state index in [1.165, 1.54) is 26.4 Å². The van der Waals surface area contributed by atoms with Crippen LogP contribution in [0.15, 0.2) is 0 Å². The molecule has 0 bridgehead atoms. The molecule has 0 spiro atoms. The molecule has 4 heteroatoms. The Morgan fingerprint density at radius 3 is 2.73 bits per heavy atom. The van der Waals surface area contributed by atoms with Gasteiger partial charge in [0, 0.05) is 6.54 Å². The Balaban J connectivity index is 2.18. The van der Waals surface area contributed by atoms with Crippen LogP contribution in [-0.4, -0.2) is 24.8 Å². The largest absolute Gasteiger partial charge is 0.452 e. The summed E-state index contributed by atoms with van der Waals surface area (Å²) in [5.74, 6) is 5.99. The van der Waals surface area contributed by atoms with Gasteiger partial charge in [-0.2, -0.15) is 0 Å². The summed E-state index contributed by atoms with van der Waals surface area (Å²) in [7, 11) is 1.34. The zero-order chi connectivity index (χ0) is 8.27. The molecule has 1 aliphatic rings. The maximum atomic E-state index is 10.8. The van der Waals surface area contributed by atoms with Gasteiger partial charge in [0.15, 0.2) is 0 Å². The van der Waals surface area contributed by atoms with Crippen LogP contribution in [0.2, 0.25) is 0 Å². The molecule has 11 heavy (non-hydrogen) atoms. The summed E-state index contributed by atoms with van der Waals surface area (Å²) in [6.45, 7) is 0.632. The minimum atomic E-state index is -0.447. The summed E-state index contributed by atoms with van der Waals surface area (Å²) in [4.78, 5) is 10.8. The standard InChI is InChI=1S/C7H14N2O2/c1-11-7(10)9(8)5-6-3-2-4-6/h6H,2-5,8H2,1H3. The normalized spacial score (nSPS) is 17.3. The zero-order valence-electron chi connectivity index (χ0n) is 6.75. The maximum Gasteiger partial charge on any atom is 0.423 e. The van der Waals surface area contributed by atoms with Crippen molar-refractivity contribution in [2.24, 2.45) is 11.8 Å². The van der Waals surface area contributed by atoms with Crippen LogP contribution in [0.3, 0.4) is 0 Å². The van der Waals surface area contributed by atoms with Crippen LogP contribution >= 0.6 is 0 Å². The molecule has 0 aromatic heterocycles. The third kappa shape index (κ3) is 2.08. The lowest BCUT2D eigenvalue weighted by molar-refractivity contribution is 0.107. The first-order chi connectivity index (χ1) is 5.24. The summed E-state index contributed by atoms with van der Waals surface area (Å²) in [6.07, 6.45) is 3.19. The van der Waals surface area contributed by atoms with E-state index >= 15 is 0 Å². The minimum absolute atomic E-state index is 0.447. The van der Waals surface area contributed by atoms with E-state index in [1.54, 1.807) is 0 Å². The number of methoxy groups -OCH3 is 1. The van der Waals surface area contributed by atoms with Gasteiger partial charge < -0.3 is 4.74 Å². The second-order valence-electron chi connectivity index (χ2n) is 2.92. The number of nitrogens with two attached hydrogens (primary N) is 1. The van der Waals surface area contributed by atoms with Crippen molar-refractivity contribution in [2.75, 3.05) is 13.7 Å². The zero-order valence-corrected chi connectivity index (χ0v) is 6.75. The van der Waals surface area contributed by atoms with Crippen LogP contribution < -0.4 is 5.84 Å². The van der Waals surface area contributed by atoms with Crippen molar-refractivity contribution in [3.8, 4) is 0 Å². The van der Waals surface area contributed by atoms with Gasteiger partial charge in [-0.3, -0.25) is 0 Å². The summed E-state index contributed by atoms with van der Waals surface area (Å²) in [6, 6.07) is 0. The molecule has 4 nitrogen and oxygen atoms in total. The van der Waals surface area contributed by atoms with Crippen LogP contribution in [0, 0.1) is 5.92 Å². The SMILES string of the molecule is COC(=O)N(N)CC1CCC1. The number of amides is 1. The molecule has 64 valence electrons. The minimum Gasteiger partial charge on any atom is -0.452 e. The van der Waals surface area contributed by atoms with Crippen molar-refractivity contribution in [2.45, 2.75) is 19.3 Å².